The summed E-state index contributed by atoms with van der Waals surface area (Å²) < 4.78 is 5.64. The second kappa shape index (κ2) is 11.5. The van der Waals surface area contributed by atoms with E-state index in [0.717, 1.165) is 22.8 Å². The number of aliphatic carboxylic acids is 1. The molecule has 0 bridgehead atoms. The Balaban J connectivity index is 0.00000456. The topological polar surface area (TPSA) is 120 Å². The van der Waals surface area contributed by atoms with Crippen molar-refractivity contribution in [3.63, 3.8) is 0 Å². The van der Waals surface area contributed by atoms with Crippen molar-refractivity contribution in [3.8, 4) is 5.75 Å². The molecule has 8 nitrogen and oxygen atoms in total. The number of fused-ring (bicyclic) bond motifs is 1. The normalized spacial score (nSPS) is 12.8. The van der Waals surface area contributed by atoms with E-state index in [1.807, 2.05) is 27.7 Å². The number of carboxylic acids is 1. The molecule has 0 fully saturated rings. The maximum absolute atomic E-state index is 13.2. The number of amides is 1. The van der Waals surface area contributed by atoms with E-state index in [-0.39, 0.29) is 46.5 Å². The molecule has 0 aromatic heterocycles. The van der Waals surface area contributed by atoms with Crippen LogP contribution in [0.3, 0.4) is 0 Å². The summed E-state index contributed by atoms with van der Waals surface area (Å²) in [4.78, 5) is 38.2. The number of carboxylic acid groups (broad SMARTS) is 1. The van der Waals surface area contributed by atoms with Crippen molar-refractivity contribution >= 4 is 46.6 Å². The molecule has 1 aliphatic heterocycles. The summed E-state index contributed by atoms with van der Waals surface area (Å²) in [6.45, 7) is 8.60. The largest absolute Gasteiger partial charge is 0.493 e. The zero-order valence-electron chi connectivity index (χ0n) is 21.1. The van der Waals surface area contributed by atoms with E-state index < -0.39 is 5.97 Å². The quantitative estimate of drug-likeness (QED) is 0.326. The molecule has 9 heteroatoms. The average Bonchev–Trinajstić information content (AvgIpc) is 3.10. The molecule has 3 N–H and O–H groups in total. The number of ether oxygens (including phenoxy) is 1. The van der Waals surface area contributed by atoms with Gasteiger partial charge in [0.2, 0.25) is 0 Å². The highest BCUT2D eigenvalue weighted by Crippen LogP contribution is 2.32. The van der Waals surface area contributed by atoms with E-state index >= 15 is 0 Å². The van der Waals surface area contributed by atoms with Gasteiger partial charge in [-0.15, -0.1) is 17.0 Å². The van der Waals surface area contributed by atoms with Crippen LogP contribution in [-0.4, -0.2) is 53.7 Å². The molecule has 0 aliphatic carbocycles. The molecule has 0 unspecified atom stereocenters. The lowest BCUT2D eigenvalue weighted by Crippen LogP contribution is -2.30. The first-order chi connectivity index (χ1) is 16.5. The standard InChI is InChI=1S/C27H31N3O5.BrH/c1-6-35-23-12-18-14-30(25(28)19(18)13-20(23)26(34)29-5)15-22(31)17-8-7-16(9-10-24(32)33)21(11-17)27(2,3)4;/h7-13,28H,6,14-15H2,1-5H3,(H,29,34)(H,32,33);1H. The molecule has 3 rings (SSSR count). The van der Waals surface area contributed by atoms with E-state index in [0.29, 0.717) is 35.6 Å². The summed E-state index contributed by atoms with van der Waals surface area (Å²) in [5, 5.41) is 20.2. The molecule has 2 aromatic carbocycles. The summed E-state index contributed by atoms with van der Waals surface area (Å²) >= 11 is 0. The number of hydrogen-bond donors (Lipinski definition) is 3. The molecule has 1 heterocycles. The minimum absolute atomic E-state index is 0. The number of nitrogens with one attached hydrogen (secondary N) is 2. The second-order valence-corrected chi connectivity index (χ2v) is 9.37. The average molecular weight is 558 g/mol. The highest BCUT2D eigenvalue weighted by atomic mass is 79.9. The Morgan fingerprint density at radius 2 is 1.89 bits per heavy atom. The van der Waals surface area contributed by atoms with Crippen LogP contribution in [0, 0.1) is 5.41 Å². The Hall–Kier alpha value is -3.46. The molecule has 0 radical (unpaired) electrons. The van der Waals surface area contributed by atoms with Crippen molar-refractivity contribution in [2.24, 2.45) is 0 Å². The first-order valence-electron chi connectivity index (χ1n) is 11.4. The van der Waals surface area contributed by atoms with Crippen LogP contribution in [0.25, 0.3) is 6.08 Å². The van der Waals surface area contributed by atoms with Gasteiger partial charge in [0.25, 0.3) is 5.91 Å². The lowest BCUT2D eigenvalue weighted by Gasteiger charge is -2.23. The Kier molecular flexibility index (Phi) is 9.21. The van der Waals surface area contributed by atoms with Crippen LogP contribution in [0.1, 0.15) is 70.7 Å². The molecule has 36 heavy (non-hydrogen) atoms. The van der Waals surface area contributed by atoms with Crippen molar-refractivity contribution in [2.45, 2.75) is 39.7 Å². The van der Waals surface area contributed by atoms with Gasteiger partial charge in [0.05, 0.1) is 18.7 Å². The first-order valence-corrected chi connectivity index (χ1v) is 11.4. The number of Topliss-reactive ketones (excluding diaryl/α,β-unsaturated/α-hetero) is 1. The Labute approximate surface area is 221 Å². The third-order valence-corrected chi connectivity index (χ3v) is 5.83. The zero-order valence-corrected chi connectivity index (χ0v) is 22.8. The molecule has 192 valence electrons. The summed E-state index contributed by atoms with van der Waals surface area (Å²) in [6.07, 6.45) is 2.61. The first kappa shape index (κ1) is 28.8. The Bertz CT molecular complexity index is 1230. The van der Waals surface area contributed by atoms with Crippen LogP contribution in [0.2, 0.25) is 0 Å². The van der Waals surface area contributed by atoms with Crippen molar-refractivity contribution < 1.29 is 24.2 Å². The number of benzene rings is 2. The zero-order chi connectivity index (χ0) is 25.9. The monoisotopic (exact) mass is 557 g/mol. The van der Waals surface area contributed by atoms with Crippen LogP contribution >= 0.6 is 17.0 Å². The second-order valence-electron chi connectivity index (χ2n) is 9.37. The molecule has 1 aliphatic rings. The van der Waals surface area contributed by atoms with Gasteiger partial charge in [-0.05, 0) is 53.3 Å². The number of carbonyl (C=O) groups is 3. The van der Waals surface area contributed by atoms with Gasteiger partial charge in [-0.3, -0.25) is 15.0 Å². The van der Waals surface area contributed by atoms with Crippen LogP contribution in [0.5, 0.6) is 5.75 Å². The van der Waals surface area contributed by atoms with E-state index in [4.69, 9.17) is 15.3 Å². The van der Waals surface area contributed by atoms with E-state index in [2.05, 4.69) is 5.32 Å². The fourth-order valence-electron chi connectivity index (χ4n) is 4.10. The van der Waals surface area contributed by atoms with Crippen molar-refractivity contribution in [3.05, 3.63) is 69.8 Å². The number of hydrogen-bond acceptors (Lipinski definition) is 5. The van der Waals surface area contributed by atoms with Gasteiger partial charge in [0.15, 0.2) is 5.78 Å². The van der Waals surface area contributed by atoms with Gasteiger partial charge < -0.3 is 20.1 Å². The van der Waals surface area contributed by atoms with Crippen LogP contribution in [0.15, 0.2) is 36.4 Å². The smallest absolute Gasteiger partial charge is 0.328 e. The van der Waals surface area contributed by atoms with Gasteiger partial charge in [-0.1, -0.05) is 32.9 Å². The van der Waals surface area contributed by atoms with E-state index in [9.17, 15) is 14.4 Å². The number of rotatable bonds is 8. The SMILES string of the molecule is Br.CCOc1cc2c(cc1C(=O)NC)C(=N)N(CC(=O)c1ccc(C=CC(=O)O)c(C(C)(C)C)c1)C2. The van der Waals surface area contributed by atoms with Crippen LogP contribution in [-0.2, 0) is 16.8 Å². The molecule has 0 saturated heterocycles. The van der Waals surface area contributed by atoms with Gasteiger partial charge in [-0.25, -0.2) is 4.79 Å². The Morgan fingerprint density at radius 1 is 1.19 bits per heavy atom. The highest BCUT2D eigenvalue weighted by molar-refractivity contribution is 8.93. The number of ketones is 1. The highest BCUT2D eigenvalue weighted by Gasteiger charge is 2.29. The van der Waals surface area contributed by atoms with Crippen molar-refractivity contribution in [1.29, 1.82) is 5.41 Å². The molecular formula is C27H32BrN3O5. The van der Waals surface area contributed by atoms with Gasteiger partial charge in [0, 0.05) is 30.8 Å². The summed E-state index contributed by atoms with van der Waals surface area (Å²) in [7, 11) is 1.54. The van der Waals surface area contributed by atoms with Crippen LogP contribution < -0.4 is 10.1 Å². The lowest BCUT2D eigenvalue weighted by molar-refractivity contribution is -0.131. The summed E-state index contributed by atoms with van der Waals surface area (Å²) in [5.74, 6) is -0.863. The molecular weight excluding hydrogens is 526 g/mol. The summed E-state index contributed by atoms with van der Waals surface area (Å²) in [5.41, 5.74) is 3.56. The number of carbonyl (C=O) groups excluding carboxylic acids is 2. The number of nitrogens with zero attached hydrogens (tertiary/aromatic N) is 1. The lowest BCUT2D eigenvalue weighted by atomic mass is 9.82. The predicted molar refractivity (Wildman–Crippen MR) is 145 cm³/mol. The summed E-state index contributed by atoms with van der Waals surface area (Å²) in [6, 6.07) is 8.65. The third kappa shape index (κ3) is 6.20. The minimum Gasteiger partial charge on any atom is -0.493 e. The van der Waals surface area contributed by atoms with Gasteiger partial charge in [-0.2, -0.15) is 0 Å². The van der Waals surface area contributed by atoms with Gasteiger partial charge in [0.1, 0.15) is 11.6 Å². The molecule has 2 aromatic rings. The third-order valence-electron chi connectivity index (χ3n) is 5.83. The fraction of sp³-hybridized carbons (Fsp3) is 0.333. The molecule has 0 spiro atoms. The molecule has 1 amide bonds. The minimum atomic E-state index is -1.04. The Morgan fingerprint density at radius 3 is 2.47 bits per heavy atom. The number of halogens is 1. The van der Waals surface area contributed by atoms with Crippen LogP contribution in [0.4, 0.5) is 0 Å². The van der Waals surface area contributed by atoms with Crippen molar-refractivity contribution in [1.82, 2.24) is 10.2 Å². The molecule has 0 saturated carbocycles. The maximum Gasteiger partial charge on any atom is 0.328 e. The van der Waals surface area contributed by atoms with E-state index in [1.54, 1.807) is 35.2 Å². The maximum atomic E-state index is 13.2. The van der Waals surface area contributed by atoms with Crippen molar-refractivity contribution in [2.75, 3.05) is 20.2 Å². The number of amidine groups is 1. The van der Waals surface area contributed by atoms with Gasteiger partial charge >= 0.3 is 5.97 Å². The fourth-order valence-corrected chi connectivity index (χ4v) is 4.10. The predicted octanol–water partition coefficient (Wildman–Crippen LogP) is 4.44. The van der Waals surface area contributed by atoms with E-state index in [1.165, 1.54) is 13.1 Å². The molecule has 0 atom stereocenters.